The molecule has 1 aromatic heterocycles. The predicted octanol–water partition coefficient (Wildman–Crippen LogP) is 2.26. The highest BCUT2D eigenvalue weighted by atomic mass is 32.2. The number of amides is 1. The van der Waals surface area contributed by atoms with Crippen LogP contribution in [-0.4, -0.2) is 74.9 Å². The van der Waals surface area contributed by atoms with Crippen molar-refractivity contribution < 1.29 is 14.7 Å². The molecule has 0 aliphatic carbocycles. The number of aromatic nitrogens is 1. The van der Waals surface area contributed by atoms with Crippen LogP contribution in [0.3, 0.4) is 0 Å². The van der Waals surface area contributed by atoms with Crippen LogP contribution >= 0.6 is 24.0 Å². The van der Waals surface area contributed by atoms with Crippen molar-refractivity contribution in [3.05, 3.63) is 31.9 Å². The smallest absolute Gasteiger partial charge is 0.303 e. The van der Waals surface area contributed by atoms with Gasteiger partial charge in [-0.2, -0.15) is 5.26 Å². The van der Waals surface area contributed by atoms with Gasteiger partial charge in [0.2, 0.25) is 0 Å². The lowest BCUT2D eigenvalue weighted by Gasteiger charge is -2.37. The first kappa shape index (κ1) is 25.9. The average Bonchev–Trinajstić information content (AvgIpc) is 3.08. The third-order valence-corrected chi connectivity index (χ3v) is 7.58. The summed E-state index contributed by atoms with van der Waals surface area (Å²) >= 11 is 6.54. The molecule has 0 aromatic carbocycles. The van der Waals surface area contributed by atoms with E-state index in [0.717, 1.165) is 50.3 Å². The molecule has 0 spiro atoms. The van der Waals surface area contributed by atoms with Crippen LogP contribution in [0.25, 0.3) is 6.08 Å². The number of thiocarbonyl (C=S) groups is 1. The summed E-state index contributed by atoms with van der Waals surface area (Å²) in [6.07, 6.45) is 2.00. The third-order valence-electron chi connectivity index (χ3n) is 6.20. The zero-order chi connectivity index (χ0) is 25.0. The highest BCUT2D eigenvalue weighted by molar-refractivity contribution is 8.26. The van der Waals surface area contributed by atoms with Gasteiger partial charge >= 0.3 is 5.97 Å². The summed E-state index contributed by atoms with van der Waals surface area (Å²) in [6.45, 7) is 10.5. The van der Waals surface area contributed by atoms with Crippen LogP contribution in [0.1, 0.15) is 43.4 Å². The van der Waals surface area contributed by atoms with Gasteiger partial charge in [-0.25, -0.2) is 0 Å². The molecule has 3 heterocycles. The number of thioether (sulfide) groups is 1. The van der Waals surface area contributed by atoms with Crippen molar-refractivity contribution in [3.63, 3.8) is 0 Å². The van der Waals surface area contributed by atoms with Crippen LogP contribution in [0.4, 0.5) is 5.82 Å². The van der Waals surface area contributed by atoms with Crippen molar-refractivity contribution in [3.8, 4) is 6.07 Å². The minimum atomic E-state index is -0.921. The molecule has 11 heteroatoms. The van der Waals surface area contributed by atoms with E-state index < -0.39 is 5.97 Å². The molecule has 34 heavy (non-hydrogen) atoms. The van der Waals surface area contributed by atoms with Crippen LogP contribution in [-0.2, 0) is 16.1 Å². The first-order valence-corrected chi connectivity index (χ1v) is 12.6. The second-order valence-corrected chi connectivity index (χ2v) is 9.83. The minimum absolute atomic E-state index is 0.0455. The Kier molecular flexibility index (Phi) is 8.52. The Balaban J connectivity index is 2.07. The Morgan fingerprint density at radius 1 is 1.21 bits per heavy atom. The highest BCUT2D eigenvalue weighted by Gasteiger charge is 2.33. The van der Waals surface area contributed by atoms with E-state index in [2.05, 4.69) is 16.7 Å². The zero-order valence-electron chi connectivity index (χ0n) is 19.7. The first-order valence-electron chi connectivity index (χ1n) is 11.3. The summed E-state index contributed by atoms with van der Waals surface area (Å²) < 4.78 is 1.99. The lowest BCUT2D eigenvalue weighted by Crippen LogP contribution is -2.48. The van der Waals surface area contributed by atoms with Crippen LogP contribution in [0.2, 0.25) is 0 Å². The van der Waals surface area contributed by atoms with Gasteiger partial charge in [-0.15, -0.1) is 0 Å². The molecule has 1 N–H and O–H groups in total. The fourth-order valence-corrected chi connectivity index (χ4v) is 5.56. The van der Waals surface area contributed by atoms with Crippen LogP contribution in [0.15, 0.2) is 9.70 Å². The number of nitrogens with zero attached hydrogens (tertiary/aromatic N) is 5. The van der Waals surface area contributed by atoms with Crippen molar-refractivity contribution in [2.45, 2.75) is 40.2 Å². The first-order chi connectivity index (χ1) is 16.2. The number of hydrogen-bond donors (Lipinski definition) is 1. The van der Waals surface area contributed by atoms with Crippen molar-refractivity contribution in [2.24, 2.45) is 0 Å². The molecule has 2 saturated heterocycles. The maximum atomic E-state index is 13.1. The standard InChI is InChI=1S/C23H29N5O4S2/c1-4-25-9-11-26(12-10-25)20-16(15(3)17(14-24)21(31)27(20)5-2)13-18-22(32)28(23(33)34-18)8-6-7-19(29)30/h13H,4-12H2,1-3H3,(H,29,30)/b18-13-. The van der Waals surface area contributed by atoms with E-state index >= 15 is 0 Å². The summed E-state index contributed by atoms with van der Waals surface area (Å²) in [5.74, 6) is -0.486. The molecule has 3 rings (SSSR count). The maximum absolute atomic E-state index is 13.1. The van der Waals surface area contributed by atoms with E-state index in [-0.39, 0.29) is 30.0 Å². The normalized spacial score (nSPS) is 18.1. The molecule has 0 radical (unpaired) electrons. The zero-order valence-corrected chi connectivity index (χ0v) is 21.3. The number of carbonyl (C=O) groups is 2. The van der Waals surface area contributed by atoms with Crippen LogP contribution in [0.5, 0.6) is 0 Å². The fourth-order valence-electron chi connectivity index (χ4n) is 4.27. The Bertz CT molecular complexity index is 1130. The number of hydrogen-bond acceptors (Lipinski definition) is 8. The topological polar surface area (TPSA) is 110 Å². The predicted molar refractivity (Wildman–Crippen MR) is 137 cm³/mol. The Labute approximate surface area is 208 Å². The van der Waals surface area contributed by atoms with Gasteiger partial charge in [-0.1, -0.05) is 30.9 Å². The Morgan fingerprint density at radius 2 is 1.88 bits per heavy atom. The average molecular weight is 504 g/mol. The quantitative estimate of drug-likeness (QED) is 0.422. The number of anilines is 1. The lowest BCUT2D eigenvalue weighted by molar-refractivity contribution is -0.137. The van der Waals surface area contributed by atoms with E-state index in [9.17, 15) is 19.6 Å². The van der Waals surface area contributed by atoms with Gasteiger partial charge in [-0.3, -0.25) is 23.9 Å². The Hall–Kier alpha value is -2.68. The fraction of sp³-hybridized carbons (Fsp3) is 0.522. The summed E-state index contributed by atoms with van der Waals surface area (Å²) in [5, 5.41) is 18.6. The number of carbonyl (C=O) groups excluding carboxylic acids is 1. The number of carboxylic acid groups (broad SMARTS) is 1. The van der Waals surface area contributed by atoms with Gasteiger partial charge in [0.1, 0.15) is 21.8 Å². The molecule has 0 bridgehead atoms. The molecule has 9 nitrogen and oxygen atoms in total. The van der Waals surface area contributed by atoms with Crippen molar-refractivity contribution >= 4 is 52.1 Å². The van der Waals surface area contributed by atoms with Crippen LogP contribution in [0, 0.1) is 18.3 Å². The second kappa shape index (κ2) is 11.2. The molecule has 2 fully saturated rings. The number of pyridine rings is 1. The summed E-state index contributed by atoms with van der Waals surface area (Å²) in [4.78, 5) is 43.4. The van der Waals surface area contributed by atoms with E-state index in [0.29, 0.717) is 33.3 Å². The largest absolute Gasteiger partial charge is 0.481 e. The molecule has 2 aliphatic rings. The molecule has 0 atom stereocenters. The number of nitriles is 1. The molecule has 1 amide bonds. The van der Waals surface area contributed by atoms with E-state index in [4.69, 9.17) is 17.3 Å². The van der Waals surface area contributed by atoms with Gasteiger partial charge in [0.05, 0.1) is 4.91 Å². The maximum Gasteiger partial charge on any atom is 0.303 e. The monoisotopic (exact) mass is 503 g/mol. The van der Waals surface area contributed by atoms with E-state index in [1.54, 1.807) is 17.6 Å². The summed E-state index contributed by atoms with van der Waals surface area (Å²) in [7, 11) is 0. The molecular formula is C23H29N5O4S2. The van der Waals surface area contributed by atoms with Crippen molar-refractivity contribution in [2.75, 3.05) is 44.2 Å². The molecule has 2 aliphatic heterocycles. The summed E-state index contributed by atoms with van der Waals surface area (Å²) in [6, 6.07) is 2.04. The number of rotatable bonds is 8. The summed E-state index contributed by atoms with van der Waals surface area (Å²) in [5.41, 5.74) is 0.963. The second-order valence-electron chi connectivity index (χ2n) is 8.15. The van der Waals surface area contributed by atoms with Gasteiger partial charge in [-0.05, 0) is 38.5 Å². The molecule has 1 aromatic rings. The number of likely N-dealkylation sites (N-methyl/N-ethyl adjacent to an activating group) is 1. The SMILES string of the molecule is CCN1CCN(c2c(/C=C3\SC(=S)N(CCCC(=O)O)C3=O)c(C)c(C#N)c(=O)n2CC)CC1. The van der Waals surface area contributed by atoms with Gasteiger partial charge in [0, 0.05) is 51.3 Å². The number of carboxylic acids is 1. The van der Waals surface area contributed by atoms with Gasteiger partial charge in [0.25, 0.3) is 11.5 Å². The molecule has 0 saturated carbocycles. The molecule has 182 valence electrons. The van der Waals surface area contributed by atoms with Gasteiger partial charge in [0.15, 0.2) is 0 Å². The van der Waals surface area contributed by atoms with E-state index in [1.807, 2.05) is 13.0 Å². The number of aliphatic carboxylic acids is 1. The van der Waals surface area contributed by atoms with Crippen LogP contribution < -0.4 is 10.5 Å². The molecular weight excluding hydrogens is 474 g/mol. The van der Waals surface area contributed by atoms with E-state index in [1.165, 1.54) is 4.90 Å². The van der Waals surface area contributed by atoms with Gasteiger partial charge < -0.3 is 14.9 Å². The van der Waals surface area contributed by atoms with Crippen molar-refractivity contribution in [1.82, 2.24) is 14.4 Å². The van der Waals surface area contributed by atoms with Crippen molar-refractivity contribution in [1.29, 1.82) is 5.26 Å². The number of piperazine rings is 1. The lowest BCUT2D eigenvalue weighted by atomic mass is 10.0. The third kappa shape index (κ3) is 5.19. The highest BCUT2D eigenvalue weighted by Crippen LogP contribution is 2.36. The Morgan fingerprint density at radius 3 is 2.44 bits per heavy atom. The molecule has 0 unspecified atom stereocenters. The minimum Gasteiger partial charge on any atom is -0.481 e.